The molecule has 35 heavy (non-hydrogen) atoms. The monoisotopic (exact) mass is 469 g/mol. The summed E-state index contributed by atoms with van der Waals surface area (Å²) in [4.78, 5) is 6.68. The highest BCUT2D eigenvalue weighted by Crippen LogP contribution is 2.32. The smallest absolute Gasteiger partial charge is 0.258 e. The van der Waals surface area contributed by atoms with Gasteiger partial charge >= 0.3 is 0 Å². The minimum Gasteiger partial charge on any atom is -0.512 e. The van der Waals surface area contributed by atoms with Crippen molar-refractivity contribution < 1.29 is 14.4 Å². The largest absolute Gasteiger partial charge is 0.512 e. The number of rotatable bonds is 9. The van der Waals surface area contributed by atoms with Crippen molar-refractivity contribution in [1.82, 2.24) is 15.0 Å². The Morgan fingerprint density at radius 3 is 2.46 bits per heavy atom. The molecular formula is C29H31N3O3. The fourth-order valence-electron chi connectivity index (χ4n) is 4.27. The molecule has 1 aromatic heterocycles. The number of methoxy groups -OCH3 is 1. The molecule has 6 heteroatoms. The van der Waals surface area contributed by atoms with Gasteiger partial charge in [-0.1, -0.05) is 54.2 Å². The molecule has 0 radical (unpaired) electrons. The molecule has 0 atom stereocenters. The van der Waals surface area contributed by atoms with Crippen LogP contribution in [0.1, 0.15) is 22.3 Å². The van der Waals surface area contributed by atoms with Gasteiger partial charge in [0.25, 0.3) is 5.89 Å². The van der Waals surface area contributed by atoms with Crippen molar-refractivity contribution in [3.63, 3.8) is 0 Å². The average molecular weight is 470 g/mol. The highest BCUT2D eigenvalue weighted by molar-refractivity contribution is 5.74. The number of nitrogens with zero attached hydrogens (tertiary/aromatic N) is 3. The van der Waals surface area contributed by atoms with E-state index < -0.39 is 0 Å². The molecule has 0 saturated carbocycles. The van der Waals surface area contributed by atoms with Crippen molar-refractivity contribution in [2.24, 2.45) is 0 Å². The number of likely N-dealkylation sites (N-methyl/N-ethyl adjacent to an activating group) is 1. The van der Waals surface area contributed by atoms with Crippen LogP contribution in [0.4, 0.5) is 0 Å². The lowest BCUT2D eigenvalue weighted by molar-refractivity contribution is 0.185. The zero-order valence-electron chi connectivity index (χ0n) is 20.7. The van der Waals surface area contributed by atoms with Crippen molar-refractivity contribution in [3.8, 4) is 34.0 Å². The number of ether oxygens (including phenoxy) is 1. The van der Waals surface area contributed by atoms with E-state index in [2.05, 4.69) is 67.0 Å². The Morgan fingerprint density at radius 2 is 1.74 bits per heavy atom. The van der Waals surface area contributed by atoms with Crippen LogP contribution in [0.3, 0.4) is 0 Å². The van der Waals surface area contributed by atoms with Crippen molar-refractivity contribution in [1.29, 1.82) is 0 Å². The van der Waals surface area contributed by atoms with Crippen LogP contribution >= 0.6 is 0 Å². The number of hydrogen-bond donors (Lipinski definition) is 1. The van der Waals surface area contributed by atoms with E-state index in [9.17, 15) is 5.11 Å². The molecule has 180 valence electrons. The molecule has 4 aromatic rings. The molecule has 0 bridgehead atoms. The van der Waals surface area contributed by atoms with E-state index >= 15 is 0 Å². The SMILES string of the molecule is C=C(O)CN(C)Cc1ccc(-c2noc(-c3ccc(-c4ccccc4C)c(COC)c3)n2)cc1C. The quantitative estimate of drug-likeness (QED) is 0.289. The van der Waals surface area contributed by atoms with E-state index in [4.69, 9.17) is 9.26 Å². The summed E-state index contributed by atoms with van der Waals surface area (Å²) in [7, 11) is 3.64. The van der Waals surface area contributed by atoms with E-state index in [1.54, 1.807) is 7.11 Å². The molecule has 0 aliphatic heterocycles. The van der Waals surface area contributed by atoms with E-state index in [1.165, 1.54) is 11.1 Å². The summed E-state index contributed by atoms with van der Waals surface area (Å²) in [5.41, 5.74) is 8.62. The Hall–Kier alpha value is -3.74. The van der Waals surface area contributed by atoms with Gasteiger partial charge in [-0.2, -0.15) is 4.98 Å². The summed E-state index contributed by atoms with van der Waals surface area (Å²) in [5.74, 6) is 1.17. The predicted octanol–water partition coefficient (Wildman–Crippen LogP) is 6.34. The van der Waals surface area contributed by atoms with Crippen LogP contribution in [-0.4, -0.2) is 40.8 Å². The first kappa shape index (κ1) is 24.4. The first-order valence-corrected chi connectivity index (χ1v) is 11.5. The summed E-state index contributed by atoms with van der Waals surface area (Å²) in [6.45, 7) is 9.35. The first-order valence-electron chi connectivity index (χ1n) is 11.5. The third kappa shape index (κ3) is 5.67. The van der Waals surface area contributed by atoms with Gasteiger partial charge in [0.1, 0.15) is 0 Å². The summed E-state index contributed by atoms with van der Waals surface area (Å²) in [6, 6.07) is 20.6. The second-order valence-electron chi connectivity index (χ2n) is 8.92. The minimum atomic E-state index is 0.154. The molecule has 0 spiro atoms. The first-order chi connectivity index (χ1) is 16.9. The molecule has 0 saturated heterocycles. The highest BCUT2D eigenvalue weighted by atomic mass is 16.5. The number of aromatic nitrogens is 2. The Labute approximate surface area is 206 Å². The Balaban J connectivity index is 1.60. The van der Waals surface area contributed by atoms with Crippen LogP contribution in [0.2, 0.25) is 0 Å². The molecule has 4 rings (SSSR count). The molecule has 0 aliphatic rings. The van der Waals surface area contributed by atoms with Gasteiger partial charge in [-0.25, -0.2) is 0 Å². The van der Waals surface area contributed by atoms with Gasteiger partial charge in [0.2, 0.25) is 5.82 Å². The second-order valence-corrected chi connectivity index (χ2v) is 8.92. The molecule has 6 nitrogen and oxygen atoms in total. The summed E-state index contributed by atoms with van der Waals surface area (Å²) in [5, 5.41) is 13.7. The van der Waals surface area contributed by atoms with Gasteiger partial charge in [-0.3, -0.25) is 4.90 Å². The Kier molecular flexibility index (Phi) is 7.44. The van der Waals surface area contributed by atoms with Crippen LogP contribution in [0, 0.1) is 13.8 Å². The van der Waals surface area contributed by atoms with E-state index in [0.29, 0.717) is 31.4 Å². The summed E-state index contributed by atoms with van der Waals surface area (Å²) in [6.07, 6.45) is 0. The lowest BCUT2D eigenvalue weighted by atomic mass is 9.94. The fourth-order valence-corrected chi connectivity index (χ4v) is 4.27. The van der Waals surface area contributed by atoms with E-state index in [-0.39, 0.29) is 5.76 Å². The van der Waals surface area contributed by atoms with Gasteiger partial charge in [0, 0.05) is 24.8 Å². The zero-order chi connectivity index (χ0) is 24.9. The van der Waals surface area contributed by atoms with Crippen molar-refractivity contribution in [2.75, 3.05) is 20.7 Å². The molecule has 0 amide bonds. The normalized spacial score (nSPS) is 11.2. The van der Waals surface area contributed by atoms with Crippen LogP contribution in [0.25, 0.3) is 34.0 Å². The van der Waals surface area contributed by atoms with Gasteiger partial charge < -0.3 is 14.4 Å². The van der Waals surface area contributed by atoms with Crippen molar-refractivity contribution in [3.05, 3.63) is 95.3 Å². The van der Waals surface area contributed by atoms with Gasteiger partial charge in [-0.15, -0.1) is 0 Å². The lowest BCUT2D eigenvalue weighted by Gasteiger charge is -2.17. The molecule has 0 unspecified atom stereocenters. The maximum absolute atomic E-state index is 9.42. The van der Waals surface area contributed by atoms with Crippen LogP contribution in [0.15, 0.2) is 77.5 Å². The van der Waals surface area contributed by atoms with Crippen molar-refractivity contribution >= 4 is 0 Å². The van der Waals surface area contributed by atoms with Crippen molar-refractivity contribution in [2.45, 2.75) is 27.0 Å². The van der Waals surface area contributed by atoms with Crippen LogP contribution < -0.4 is 0 Å². The molecular weight excluding hydrogens is 438 g/mol. The number of hydrogen-bond acceptors (Lipinski definition) is 6. The number of benzene rings is 3. The molecule has 0 fully saturated rings. The molecule has 3 aromatic carbocycles. The second kappa shape index (κ2) is 10.7. The highest BCUT2D eigenvalue weighted by Gasteiger charge is 2.15. The maximum Gasteiger partial charge on any atom is 0.258 e. The number of aliphatic hydroxyl groups is 1. The molecule has 0 aliphatic carbocycles. The zero-order valence-corrected chi connectivity index (χ0v) is 20.7. The van der Waals surface area contributed by atoms with Gasteiger partial charge in [0.05, 0.1) is 18.9 Å². The standard InChI is InChI=1S/C29H31N3O3/c1-19-8-6-7-9-26(19)27-13-12-23(15-25(27)18-34-5)29-30-28(31-35-29)22-10-11-24(20(2)14-22)17-32(4)16-21(3)33/h6-15,33H,3,16-18H2,1-2,4-5H3. The van der Waals surface area contributed by atoms with Gasteiger partial charge in [0.15, 0.2) is 0 Å². The summed E-state index contributed by atoms with van der Waals surface area (Å²) < 4.78 is 11.1. The topological polar surface area (TPSA) is 71.6 Å². The third-order valence-corrected chi connectivity index (χ3v) is 6.01. The fraction of sp³-hybridized carbons (Fsp3) is 0.241. The molecule has 1 heterocycles. The Bertz CT molecular complexity index is 1340. The van der Waals surface area contributed by atoms with E-state index in [1.807, 2.05) is 36.2 Å². The minimum absolute atomic E-state index is 0.154. The van der Waals surface area contributed by atoms with Crippen LogP contribution in [0.5, 0.6) is 0 Å². The number of aryl methyl sites for hydroxylation is 2. The predicted molar refractivity (Wildman–Crippen MR) is 139 cm³/mol. The van der Waals surface area contributed by atoms with Crippen LogP contribution in [-0.2, 0) is 17.9 Å². The average Bonchev–Trinajstić information content (AvgIpc) is 3.31. The summed E-state index contributed by atoms with van der Waals surface area (Å²) >= 11 is 0. The lowest BCUT2D eigenvalue weighted by Crippen LogP contribution is -2.20. The van der Waals surface area contributed by atoms with Gasteiger partial charge in [-0.05, 0) is 72.5 Å². The number of aliphatic hydroxyl groups excluding tert-OH is 1. The molecule has 1 N–H and O–H groups in total. The van der Waals surface area contributed by atoms with E-state index in [0.717, 1.165) is 33.4 Å². The maximum atomic E-state index is 9.42. The third-order valence-electron chi connectivity index (χ3n) is 6.01. The Morgan fingerprint density at radius 1 is 0.971 bits per heavy atom.